The van der Waals surface area contributed by atoms with Crippen molar-refractivity contribution >= 4 is 35.3 Å². The summed E-state index contributed by atoms with van der Waals surface area (Å²) in [4.78, 5) is 29.4. The number of nitrogens with one attached hydrogen (secondary N) is 1. The molecule has 28 heavy (non-hydrogen) atoms. The summed E-state index contributed by atoms with van der Waals surface area (Å²) >= 11 is 0.831. The SMILES string of the molecule is CC(C)C[C@@H](NC(=O)CCC(=O)[C@@H]1CCN1c1nc(C(F)(F)F)cs1)B(O)O. The van der Waals surface area contributed by atoms with Gasteiger partial charge in [0.05, 0.1) is 12.0 Å². The van der Waals surface area contributed by atoms with Crippen LogP contribution in [-0.4, -0.2) is 52.4 Å². The molecule has 1 aliphatic heterocycles. The zero-order chi connectivity index (χ0) is 21.1. The lowest BCUT2D eigenvalue weighted by atomic mass is 9.75. The lowest BCUT2D eigenvalue weighted by molar-refractivity contribution is -0.140. The molecule has 0 bridgehead atoms. The second-order valence-electron chi connectivity index (χ2n) is 7.19. The minimum absolute atomic E-state index is 0.0829. The molecule has 1 aromatic heterocycles. The van der Waals surface area contributed by atoms with Crippen LogP contribution < -0.4 is 10.2 Å². The highest BCUT2D eigenvalue weighted by Gasteiger charge is 2.39. The summed E-state index contributed by atoms with van der Waals surface area (Å²) in [6.07, 6.45) is -3.87. The van der Waals surface area contributed by atoms with Crippen LogP contribution in [0.2, 0.25) is 0 Å². The lowest BCUT2D eigenvalue weighted by Gasteiger charge is -2.39. The molecule has 3 N–H and O–H groups in total. The molecule has 2 rings (SSSR count). The number of ketones is 1. The van der Waals surface area contributed by atoms with Gasteiger partial charge in [0.1, 0.15) is 0 Å². The number of carbonyl (C=O) groups excluding carboxylic acids is 2. The molecule has 0 spiro atoms. The molecular formula is C16H23BF3N3O4S. The van der Waals surface area contributed by atoms with Gasteiger partial charge in [0.2, 0.25) is 5.91 Å². The Balaban J connectivity index is 1.86. The number of carbonyl (C=O) groups is 2. The maximum absolute atomic E-state index is 12.7. The first kappa shape index (κ1) is 22.6. The quantitative estimate of drug-likeness (QED) is 0.524. The molecule has 1 saturated heterocycles. The van der Waals surface area contributed by atoms with E-state index in [0.717, 1.165) is 16.7 Å². The Bertz CT molecular complexity index is 699. The number of Topliss-reactive ketones (excluding diaryl/α,β-unsaturated/α-hetero) is 1. The van der Waals surface area contributed by atoms with Crippen molar-refractivity contribution in [1.82, 2.24) is 10.3 Å². The van der Waals surface area contributed by atoms with Gasteiger partial charge in [-0.05, 0) is 18.8 Å². The first-order valence-corrected chi connectivity index (χ1v) is 9.84. The van der Waals surface area contributed by atoms with Crippen molar-refractivity contribution < 1.29 is 32.8 Å². The number of anilines is 1. The highest BCUT2D eigenvalue weighted by Crippen LogP contribution is 2.36. The average molecular weight is 421 g/mol. The molecule has 2 heterocycles. The maximum Gasteiger partial charge on any atom is 0.475 e. The van der Waals surface area contributed by atoms with E-state index in [9.17, 15) is 32.8 Å². The van der Waals surface area contributed by atoms with Gasteiger partial charge in [0, 0.05) is 24.8 Å². The Labute approximate surface area is 165 Å². The van der Waals surface area contributed by atoms with Crippen LogP contribution in [0, 0.1) is 5.92 Å². The number of halogens is 3. The fourth-order valence-corrected chi connectivity index (χ4v) is 3.83. The van der Waals surface area contributed by atoms with Crippen molar-refractivity contribution in [2.45, 2.75) is 57.7 Å². The normalized spacial score (nSPS) is 18.0. The van der Waals surface area contributed by atoms with Gasteiger partial charge in [0.25, 0.3) is 0 Å². The predicted molar refractivity (Wildman–Crippen MR) is 98.7 cm³/mol. The number of alkyl halides is 3. The van der Waals surface area contributed by atoms with Crippen molar-refractivity contribution in [1.29, 1.82) is 0 Å². The van der Waals surface area contributed by atoms with Gasteiger partial charge in [-0.3, -0.25) is 9.59 Å². The number of amides is 1. The van der Waals surface area contributed by atoms with E-state index >= 15 is 0 Å². The van der Waals surface area contributed by atoms with E-state index < -0.39 is 36.9 Å². The minimum Gasteiger partial charge on any atom is -0.426 e. The number of nitrogens with zero attached hydrogens (tertiary/aromatic N) is 2. The molecule has 0 radical (unpaired) electrons. The molecule has 0 unspecified atom stereocenters. The second-order valence-corrected chi connectivity index (χ2v) is 8.03. The van der Waals surface area contributed by atoms with Gasteiger partial charge >= 0.3 is 13.3 Å². The summed E-state index contributed by atoms with van der Waals surface area (Å²) in [5, 5.41) is 22.2. The van der Waals surface area contributed by atoms with E-state index in [0.29, 0.717) is 19.4 Å². The van der Waals surface area contributed by atoms with Crippen molar-refractivity contribution in [2.75, 3.05) is 11.4 Å². The molecule has 1 aromatic rings. The fourth-order valence-electron chi connectivity index (χ4n) is 2.92. The Morgan fingerprint density at radius 3 is 2.54 bits per heavy atom. The largest absolute Gasteiger partial charge is 0.475 e. The van der Waals surface area contributed by atoms with Gasteiger partial charge in [-0.25, -0.2) is 4.98 Å². The first-order chi connectivity index (χ1) is 13.0. The smallest absolute Gasteiger partial charge is 0.426 e. The molecule has 0 aromatic carbocycles. The number of thiazole rings is 1. The van der Waals surface area contributed by atoms with E-state index in [1.807, 2.05) is 13.8 Å². The Morgan fingerprint density at radius 2 is 2.07 bits per heavy atom. The van der Waals surface area contributed by atoms with Crippen LogP contribution in [0.3, 0.4) is 0 Å². The first-order valence-electron chi connectivity index (χ1n) is 8.96. The fraction of sp³-hybridized carbons (Fsp3) is 0.688. The van der Waals surface area contributed by atoms with Gasteiger partial charge in [-0.1, -0.05) is 13.8 Å². The van der Waals surface area contributed by atoms with E-state index in [2.05, 4.69) is 10.3 Å². The molecule has 12 heteroatoms. The lowest BCUT2D eigenvalue weighted by Crippen LogP contribution is -2.53. The molecule has 156 valence electrons. The van der Waals surface area contributed by atoms with Crippen LogP contribution in [0.4, 0.5) is 18.3 Å². The number of rotatable bonds is 9. The van der Waals surface area contributed by atoms with Gasteiger partial charge in [0.15, 0.2) is 16.6 Å². The highest BCUT2D eigenvalue weighted by atomic mass is 32.1. The van der Waals surface area contributed by atoms with Crippen molar-refractivity contribution in [2.24, 2.45) is 5.92 Å². The van der Waals surface area contributed by atoms with Crippen LogP contribution in [-0.2, 0) is 15.8 Å². The predicted octanol–water partition coefficient (Wildman–Crippen LogP) is 1.63. The van der Waals surface area contributed by atoms with E-state index in [4.69, 9.17) is 0 Å². The summed E-state index contributed by atoms with van der Waals surface area (Å²) in [7, 11) is -1.70. The van der Waals surface area contributed by atoms with Gasteiger partial charge < -0.3 is 20.3 Å². The van der Waals surface area contributed by atoms with Crippen molar-refractivity contribution in [3.63, 3.8) is 0 Å². The van der Waals surface area contributed by atoms with E-state index in [-0.39, 0.29) is 29.7 Å². The molecule has 7 nitrogen and oxygen atoms in total. The Morgan fingerprint density at radius 1 is 1.39 bits per heavy atom. The zero-order valence-corrected chi connectivity index (χ0v) is 16.4. The number of aromatic nitrogens is 1. The molecule has 0 saturated carbocycles. The second kappa shape index (κ2) is 9.23. The van der Waals surface area contributed by atoms with Crippen LogP contribution in [0.25, 0.3) is 0 Å². The molecule has 1 aliphatic rings. The van der Waals surface area contributed by atoms with Crippen LogP contribution in [0.5, 0.6) is 0 Å². The minimum atomic E-state index is -4.53. The average Bonchev–Trinajstić information content (AvgIpc) is 3.00. The highest BCUT2D eigenvalue weighted by molar-refractivity contribution is 7.13. The molecular weight excluding hydrogens is 398 g/mol. The molecule has 2 atom stereocenters. The summed E-state index contributed by atoms with van der Waals surface area (Å²) in [6, 6.07) is -0.588. The van der Waals surface area contributed by atoms with Crippen molar-refractivity contribution in [3.8, 4) is 0 Å². The molecule has 1 fully saturated rings. The Hall–Kier alpha value is -1.66. The number of hydrogen-bond donors (Lipinski definition) is 3. The standard InChI is InChI=1S/C16H23BF3N3O4S/c1-9(2)7-13(17(26)27)22-14(25)4-3-11(24)10-5-6-23(10)15-21-12(8-28-15)16(18,19)20/h8-10,13,26-27H,3-7H2,1-2H3,(H,22,25)/t10-,13+/m0/s1. The third kappa shape index (κ3) is 5.92. The van der Waals surface area contributed by atoms with E-state index in [1.54, 1.807) is 0 Å². The van der Waals surface area contributed by atoms with Crippen LogP contribution in [0.1, 0.15) is 45.2 Å². The van der Waals surface area contributed by atoms with Crippen LogP contribution >= 0.6 is 11.3 Å². The summed E-state index contributed by atoms with van der Waals surface area (Å²) in [5.74, 6) is -1.42. The monoisotopic (exact) mass is 421 g/mol. The zero-order valence-electron chi connectivity index (χ0n) is 15.6. The maximum atomic E-state index is 12.7. The topological polar surface area (TPSA) is 103 Å². The summed E-state index contributed by atoms with van der Waals surface area (Å²) in [6.45, 7) is 4.18. The molecule has 1 amide bonds. The van der Waals surface area contributed by atoms with Gasteiger partial charge in [-0.15, -0.1) is 11.3 Å². The Kier molecular flexibility index (Phi) is 7.46. The van der Waals surface area contributed by atoms with E-state index in [1.165, 1.54) is 4.90 Å². The third-order valence-electron chi connectivity index (χ3n) is 4.45. The summed E-state index contributed by atoms with van der Waals surface area (Å²) < 4.78 is 38.0. The van der Waals surface area contributed by atoms with Crippen LogP contribution in [0.15, 0.2) is 5.38 Å². The van der Waals surface area contributed by atoms with Crippen molar-refractivity contribution in [3.05, 3.63) is 11.1 Å². The van der Waals surface area contributed by atoms with Gasteiger partial charge in [-0.2, -0.15) is 13.2 Å². The number of hydrogen-bond acceptors (Lipinski definition) is 7. The third-order valence-corrected chi connectivity index (χ3v) is 5.33. The summed E-state index contributed by atoms with van der Waals surface area (Å²) in [5.41, 5.74) is -0.983. The molecule has 0 aliphatic carbocycles.